The Kier molecular flexibility index (Phi) is 5.20. The molecule has 0 spiro atoms. The third-order valence-electron chi connectivity index (χ3n) is 2.96. The van der Waals surface area contributed by atoms with Crippen LogP contribution in [0.1, 0.15) is 19.6 Å². The Balaban J connectivity index is 2.11. The largest absolute Gasteiger partial charge is 0.491 e. The van der Waals surface area contributed by atoms with Crippen LogP contribution in [0, 0.1) is 5.82 Å². The zero-order valence-corrected chi connectivity index (χ0v) is 13.2. The maximum Gasteiger partial charge on any atom is 0.240 e. The van der Waals surface area contributed by atoms with Crippen molar-refractivity contribution < 1.29 is 22.0 Å². The van der Waals surface area contributed by atoms with Gasteiger partial charge in [-0.15, -0.1) is 0 Å². The fourth-order valence-electron chi connectivity index (χ4n) is 2.03. The number of furan rings is 1. The normalized spacial score (nSPS) is 13.0. The Bertz CT molecular complexity index is 713. The molecule has 1 aromatic heterocycles. The minimum atomic E-state index is -3.80. The number of halogens is 1. The summed E-state index contributed by atoms with van der Waals surface area (Å²) < 4.78 is 51.0. The Morgan fingerprint density at radius 1 is 1.36 bits per heavy atom. The lowest BCUT2D eigenvalue weighted by atomic mass is 10.2. The van der Waals surface area contributed by atoms with E-state index in [1.807, 2.05) is 0 Å². The van der Waals surface area contributed by atoms with Gasteiger partial charge in [0.25, 0.3) is 0 Å². The molecule has 1 aromatic carbocycles. The Morgan fingerprint density at radius 2 is 2.14 bits per heavy atom. The lowest BCUT2D eigenvalue weighted by molar-refractivity contribution is 0.321. The number of hydrogen-bond donors (Lipinski definition) is 1. The number of nitrogens with one attached hydrogen (secondary N) is 1. The molecule has 0 aliphatic carbocycles. The molecule has 2 rings (SSSR count). The van der Waals surface area contributed by atoms with E-state index in [-0.39, 0.29) is 16.7 Å². The van der Waals surface area contributed by atoms with E-state index in [1.54, 1.807) is 26.0 Å². The van der Waals surface area contributed by atoms with Crippen LogP contribution in [-0.4, -0.2) is 21.1 Å². The molecule has 0 aliphatic rings. The molecule has 7 heteroatoms. The summed E-state index contributed by atoms with van der Waals surface area (Å²) in [6.07, 6.45) is 1.93. The summed E-state index contributed by atoms with van der Waals surface area (Å²) in [7, 11) is -3.80. The summed E-state index contributed by atoms with van der Waals surface area (Å²) in [4.78, 5) is -0.139. The van der Waals surface area contributed by atoms with Gasteiger partial charge in [0.05, 0.1) is 17.8 Å². The highest BCUT2D eigenvalue weighted by atomic mass is 32.2. The second-order valence-electron chi connectivity index (χ2n) is 4.83. The Morgan fingerprint density at radius 3 is 2.73 bits per heavy atom. The van der Waals surface area contributed by atoms with Gasteiger partial charge in [0.2, 0.25) is 10.0 Å². The van der Waals surface area contributed by atoms with E-state index in [2.05, 4.69) is 4.72 Å². The summed E-state index contributed by atoms with van der Waals surface area (Å²) in [6, 6.07) is 6.69. The standard InChI is InChI=1S/C15H18FNO4S/c1-3-20-15-7-6-13(10-14(15)16)22(18,19)17-11(2)9-12-5-4-8-21-12/h4-8,10-11,17H,3,9H2,1-2H3/t11-/m0/s1. The number of sulfonamides is 1. The summed E-state index contributed by atoms with van der Waals surface area (Å²) >= 11 is 0. The first-order valence-electron chi connectivity index (χ1n) is 6.89. The first kappa shape index (κ1) is 16.5. The lowest BCUT2D eigenvalue weighted by Gasteiger charge is -2.14. The molecule has 5 nitrogen and oxygen atoms in total. The van der Waals surface area contributed by atoms with Gasteiger partial charge in [-0.2, -0.15) is 0 Å². The predicted molar refractivity (Wildman–Crippen MR) is 79.8 cm³/mol. The van der Waals surface area contributed by atoms with Gasteiger partial charge in [0, 0.05) is 12.5 Å². The van der Waals surface area contributed by atoms with E-state index >= 15 is 0 Å². The topological polar surface area (TPSA) is 68.5 Å². The van der Waals surface area contributed by atoms with Crippen molar-refractivity contribution in [2.75, 3.05) is 6.61 Å². The summed E-state index contributed by atoms with van der Waals surface area (Å²) in [5.41, 5.74) is 0. The molecule has 1 N–H and O–H groups in total. The molecule has 0 radical (unpaired) electrons. The van der Waals surface area contributed by atoms with E-state index in [1.165, 1.54) is 18.4 Å². The average molecular weight is 327 g/mol. The molecule has 0 aliphatic heterocycles. The van der Waals surface area contributed by atoms with Gasteiger partial charge < -0.3 is 9.15 Å². The van der Waals surface area contributed by atoms with E-state index in [4.69, 9.17) is 9.15 Å². The maximum atomic E-state index is 13.8. The van der Waals surface area contributed by atoms with Crippen molar-refractivity contribution in [2.24, 2.45) is 0 Å². The van der Waals surface area contributed by atoms with Crippen molar-refractivity contribution in [3.8, 4) is 5.75 Å². The highest BCUT2D eigenvalue weighted by Crippen LogP contribution is 2.21. The molecule has 1 heterocycles. The van der Waals surface area contributed by atoms with Gasteiger partial charge in [-0.1, -0.05) is 0 Å². The van der Waals surface area contributed by atoms with Crippen LogP contribution in [0.3, 0.4) is 0 Å². The van der Waals surface area contributed by atoms with Gasteiger partial charge in [0.1, 0.15) is 5.76 Å². The molecular formula is C15H18FNO4S. The predicted octanol–water partition coefficient (Wildman–Crippen LogP) is 2.73. The third-order valence-corrected chi connectivity index (χ3v) is 4.54. The van der Waals surface area contributed by atoms with Crippen LogP contribution in [0.5, 0.6) is 5.75 Å². The van der Waals surface area contributed by atoms with Crippen molar-refractivity contribution in [3.63, 3.8) is 0 Å². The van der Waals surface area contributed by atoms with Crippen LogP contribution in [0.4, 0.5) is 4.39 Å². The monoisotopic (exact) mass is 327 g/mol. The van der Waals surface area contributed by atoms with E-state index < -0.39 is 15.8 Å². The molecule has 120 valence electrons. The quantitative estimate of drug-likeness (QED) is 0.849. The van der Waals surface area contributed by atoms with Gasteiger partial charge in [-0.05, 0) is 44.2 Å². The molecule has 0 saturated heterocycles. The molecule has 0 amide bonds. The van der Waals surface area contributed by atoms with Crippen LogP contribution in [0.2, 0.25) is 0 Å². The fourth-order valence-corrected chi connectivity index (χ4v) is 3.28. The van der Waals surface area contributed by atoms with Gasteiger partial charge in [-0.25, -0.2) is 17.5 Å². The second kappa shape index (κ2) is 6.93. The zero-order valence-electron chi connectivity index (χ0n) is 12.4. The SMILES string of the molecule is CCOc1ccc(S(=O)(=O)N[C@@H](C)Cc2ccco2)cc1F. The van der Waals surface area contributed by atoms with Crippen molar-refractivity contribution in [1.29, 1.82) is 0 Å². The molecule has 2 aromatic rings. The molecular weight excluding hydrogens is 309 g/mol. The Hall–Kier alpha value is -1.86. The van der Waals surface area contributed by atoms with E-state index in [9.17, 15) is 12.8 Å². The van der Waals surface area contributed by atoms with Crippen molar-refractivity contribution in [3.05, 3.63) is 48.2 Å². The number of hydrogen-bond acceptors (Lipinski definition) is 4. The summed E-state index contributed by atoms with van der Waals surface area (Å²) in [6.45, 7) is 3.74. The minimum Gasteiger partial charge on any atom is -0.491 e. The molecule has 0 bridgehead atoms. The summed E-state index contributed by atoms with van der Waals surface area (Å²) in [5.74, 6) is 0.00145. The third kappa shape index (κ3) is 4.08. The Labute approximate surface area is 129 Å². The smallest absolute Gasteiger partial charge is 0.240 e. The van der Waals surface area contributed by atoms with E-state index in [0.29, 0.717) is 18.8 Å². The number of ether oxygens (including phenoxy) is 1. The van der Waals surface area contributed by atoms with Crippen molar-refractivity contribution >= 4 is 10.0 Å². The molecule has 0 saturated carbocycles. The first-order valence-corrected chi connectivity index (χ1v) is 8.37. The van der Waals surface area contributed by atoms with Crippen LogP contribution < -0.4 is 9.46 Å². The van der Waals surface area contributed by atoms with Crippen LogP contribution in [0.25, 0.3) is 0 Å². The molecule has 0 fully saturated rings. The van der Waals surface area contributed by atoms with Crippen molar-refractivity contribution in [1.82, 2.24) is 4.72 Å². The molecule has 0 unspecified atom stereocenters. The fraction of sp³-hybridized carbons (Fsp3) is 0.333. The molecule has 1 atom stereocenters. The van der Waals surface area contributed by atoms with Crippen LogP contribution in [-0.2, 0) is 16.4 Å². The second-order valence-corrected chi connectivity index (χ2v) is 6.55. The van der Waals surface area contributed by atoms with Gasteiger partial charge in [0.15, 0.2) is 11.6 Å². The first-order chi connectivity index (χ1) is 10.4. The lowest BCUT2D eigenvalue weighted by Crippen LogP contribution is -2.34. The zero-order chi connectivity index (χ0) is 16.2. The van der Waals surface area contributed by atoms with Gasteiger partial charge >= 0.3 is 0 Å². The van der Waals surface area contributed by atoms with E-state index in [0.717, 1.165) is 6.07 Å². The minimum absolute atomic E-state index is 0.0325. The maximum absolute atomic E-state index is 13.8. The average Bonchev–Trinajstić information content (AvgIpc) is 2.93. The van der Waals surface area contributed by atoms with Crippen LogP contribution in [0.15, 0.2) is 45.9 Å². The number of rotatable bonds is 7. The van der Waals surface area contributed by atoms with Gasteiger partial charge in [-0.3, -0.25) is 0 Å². The highest BCUT2D eigenvalue weighted by Gasteiger charge is 2.20. The number of benzene rings is 1. The van der Waals surface area contributed by atoms with Crippen LogP contribution >= 0.6 is 0 Å². The molecule has 22 heavy (non-hydrogen) atoms. The van der Waals surface area contributed by atoms with Crippen molar-refractivity contribution in [2.45, 2.75) is 31.2 Å². The summed E-state index contributed by atoms with van der Waals surface area (Å²) in [5, 5.41) is 0. The highest BCUT2D eigenvalue weighted by molar-refractivity contribution is 7.89.